The molecule has 0 radical (unpaired) electrons. The number of rotatable bonds is 3. The molecule has 1 amide bonds. The molecule has 1 heterocycles. The van der Waals surface area contributed by atoms with Crippen molar-refractivity contribution in [3.05, 3.63) is 35.1 Å². The van der Waals surface area contributed by atoms with Crippen molar-refractivity contribution in [3.8, 4) is 0 Å². The number of nitrogens with one attached hydrogen (secondary N) is 1. The summed E-state index contributed by atoms with van der Waals surface area (Å²) in [4.78, 5) is 11.6. The molecule has 1 aromatic carbocycles. The molecule has 92 valence electrons. The summed E-state index contributed by atoms with van der Waals surface area (Å²) in [6.45, 7) is 2.71. The minimum absolute atomic E-state index is 0.108. The van der Waals surface area contributed by atoms with Gasteiger partial charge in [0.05, 0.1) is 0 Å². The minimum Gasteiger partial charge on any atom is -0.368 e. The standard InChI is InChI=1S/C13H16FNO2/c1-9-4-5-10(7-11(9)14)8-15-13(16)12-3-2-6-17-12/h4-5,7,12H,2-3,6,8H2,1H3,(H,15,16). The van der Waals surface area contributed by atoms with Gasteiger partial charge in [0.2, 0.25) is 5.91 Å². The molecule has 1 fully saturated rings. The maximum atomic E-state index is 13.3. The van der Waals surface area contributed by atoms with Crippen molar-refractivity contribution in [3.63, 3.8) is 0 Å². The zero-order valence-corrected chi connectivity index (χ0v) is 9.83. The quantitative estimate of drug-likeness (QED) is 0.872. The van der Waals surface area contributed by atoms with Gasteiger partial charge in [-0.3, -0.25) is 4.79 Å². The van der Waals surface area contributed by atoms with Crippen LogP contribution in [0.15, 0.2) is 18.2 Å². The number of carbonyl (C=O) groups is 1. The fourth-order valence-corrected chi connectivity index (χ4v) is 1.83. The number of benzene rings is 1. The lowest BCUT2D eigenvalue weighted by Crippen LogP contribution is -2.33. The van der Waals surface area contributed by atoms with Crippen molar-refractivity contribution in [1.29, 1.82) is 0 Å². The number of ether oxygens (including phenoxy) is 1. The van der Waals surface area contributed by atoms with Gasteiger partial charge in [-0.05, 0) is 37.0 Å². The molecule has 1 aliphatic rings. The van der Waals surface area contributed by atoms with E-state index in [-0.39, 0.29) is 17.8 Å². The maximum absolute atomic E-state index is 13.3. The van der Waals surface area contributed by atoms with E-state index in [1.54, 1.807) is 13.0 Å². The van der Waals surface area contributed by atoms with Gasteiger partial charge in [-0.15, -0.1) is 0 Å². The van der Waals surface area contributed by atoms with Gasteiger partial charge in [0.15, 0.2) is 0 Å². The van der Waals surface area contributed by atoms with Crippen molar-refractivity contribution in [2.75, 3.05) is 6.61 Å². The van der Waals surface area contributed by atoms with E-state index in [0.717, 1.165) is 18.4 Å². The predicted octanol–water partition coefficient (Wildman–Crippen LogP) is 1.93. The second-order valence-corrected chi connectivity index (χ2v) is 4.30. The molecular formula is C13H16FNO2. The van der Waals surface area contributed by atoms with Gasteiger partial charge >= 0.3 is 0 Å². The van der Waals surface area contributed by atoms with Crippen LogP contribution < -0.4 is 5.32 Å². The summed E-state index contributed by atoms with van der Waals surface area (Å²) < 4.78 is 18.5. The third kappa shape index (κ3) is 3.03. The largest absolute Gasteiger partial charge is 0.368 e. The monoisotopic (exact) mass is 237 g/mol. The van der Waals surface area contributed by atoms with E-state index in [9.17, 15) is 9.18 Å². The van der Waals surface area contributed by atoms with Crippen molar-refractivity contribution >= 4 is 5.91 Å². The fourth-order valence-electron chi connectivity index (χ4n) is 1.83. The Labute approximate surface area is 100.0 Å². The Morgan fingerprint density at radius 1 is 1.59 bits per heavy atom. The molecule has 2 rings (SSSR count). The van der Waals surface area contributed by atoms with Crippen molar-refractivity contribution in [2.45, 2.75) is 32.4 Å². The smallest absolute Gasteiger partial charge is 0.249 e. The molecule has 1 unspecified atom stereocenters. The van der Waals surface area contributed by atoms with Crippen LogP contribution in [0.2, 0.25) is 0 Å². The Morgan fingerprint density at radius 2 is 2.41 bits per heavy atom. The maximum Gasteiger partial charge on any atom is 0.249 e. The highest BCUT2D eigenvalue weighted by Gasteiger charge is 2.22. The first kappa shape index (κ1) is 12.0. The Kier molecular flexibility index (Phi) is 3.74. The van der Waals surface area contributed by atoms with E-state index in [1.807, 2.05) is 6.07 Å². The summed E-state index contributed by atoms with van der Waals surface area (Å²) in [6.07, 6.45) is 1.37. The summed E-state index contributed by atoms with van der Waals surface area (Å²) in [5, 5.41) is 2.76. The molecule has 0 aliphatic carbocycles. The van der Waals surface area contributed by atoms with Crippen LogP contribution in [0.5, 0.6) is 0 Å². The van der Waals surface area contributed by atoms with Crippen LogP contribution in [0.1, 0.15) is 24.0 Å². The van der Waals surface area contributed by atoms with Gasteiger partial charge in [0.1, 0.15) is 11.9 Å². The summed E-state index contributed by atoms with van der Waals surface area (Å²) in [5.74, 6) is -0.350. The lowest BCUT2D eigenvalue weighted by Gasteiger charge is -2.10. The van der Waals surface area contributed by atoms with E-state index in [0.29, 0.717) is 18.7 Å². The van der Waals surface area contributed by atoms with Crippen LogP contribution in [0.3, 0.4) is 0 Å². The van der Waals surface area contributed by atoms with Gasteiger partial charge in [-0.2, -0.15) is 0 Å². The molecular weight excluding hydrogens is 221 g/mol. The average Bonchev–Trinajstić information content (AvgIpc) is 2.84. The van der Waals surface area contributed by atoms with Crippen LogP contribution in [-0.4, -0.2) is 18.6 Å². The SMILES string of the molecule is Cc1ccc(CNC(=O)C2CCCO2)cc1F. The molecule has 1 atom stereocenters. The third-order valence-corrected chi connectivity index (χ3v) is 2.93. The second kappa shape index (κ2) is 5.27. The number of aryl methyl sites for hydroxylation is 1. The Balaban J connectivity index is 1.88. The average molecular weight is 237 g/mol. The first-order valence-electron chi connectivity index (χ1n) is 5.81. The summed E-state index contributed by atoms with van der Waals surface area (Å²) in [5.41, 5.74) is 1.37. The Morgan fingerprint density at radius 3 is 3.06 bits per heavy atom. The highest BCUT2D eigenvalue weighted by Crippen LogP contribution is 2.13. The van der Waals surface area contributed by atoms with Crippen molar-refractivity contribution < 1.29 is 13.9 Å². The normalized spacial score (nSPS) is 19.3. The number of amides is 1. The second-order valence-electron chi connectivity index (χ2n) is 4.30. The Bertz CT molecular complexity index is 414. The highest BCUT2D eigenvalue weighted by molar-refractivity contribution is 5.80. The van der Waals surface area contributed by atoms with E-state index >= 15 is 0 Å². The van der Waals surface area contributed by atoms with Gasteiger partial charge in [0, 0.05) is 13.2 Å². The zero-order valence-electron chi connectivity index (χ0n) is 9.83. The molecule has 1 aliphatic heterocycles. The van der Waals surface area contributed by atoms with Crippen LogP contribution in [-0.2, 0) is 16.1 Å². The predicted molar refractivity (Wildman–Crippen MR) is 62.0 cm³/mol. The zero-order chi connectivity index (χ0) is 12.3. The highest BCUT2D eigenvalue weighted by atomic mass is 19.1. The van der Waals surface area contributed by atoms with E-state index in [1.165, 1.54) is 6.07 Å². The molecule has 4 heteroatoms. The van der Waals surface area contributed by atoms with Gasteiger partial charge < -0.3 is 10.1 Å². The molecule has 17 heavy (non-hydrogen) atoms. The van der Waals surface area contributed by atoms with Crippen LogP contribution in [0.25, 0.3) is 0 Å². The van der Waals surface area contributed by atoms with E-state index in [2.05, 4.69) is 5.32 Å². The van der Waals surface area contributed by atoms with Crippen molar-refractivity contribution in [1.82, 2.24) is 5.32 Å². The molecule has 0 bridgehead atoms. The Hall–Kier alpha value is -1.42. The lowest BCUT2D eigenvalue weighted by atomic mass is 10.1. The van der Waals surface area contributed by atoms with Gasteiger partial charge in [-0.1, -0.05) is 12.1 Å². The van der Waals surface area contributed by atoms with Gasteiger partial charge in [0.25, 0.3) is 0 Å². The van der Waals surface area contributed by atoms with Crippen molar-refractivity contribution in [2.24, 2.45) is 0 Å². The summed E-state index contributed by atoms with van der Waals surface area (Å²) in [6, 6.07) is 4.97. The molecule has 0 saturated carbocycles. The lowest BCUT2D eigenvalue weighted by molar-refractivity contribution is -0.130. The number of carbonyl (C=O) groups excluding carboxylic acids is 1. The van der Waals surface area contributed by atoms with Crippen LogP contribution >= 0.6 is 0 Å². The number of hydrogen-bond acceptors (Lipinski definition) is 2. The molecule has 3 nitrogen and oxygen atoms in total. The van der Waals surface area contributed by atoms with Crippen LogP contribution in [0, 0.1) is 12.7 Å². The van der Waals surface area contributed by atoms with Crippen LogP contribution in [0.4, 0.5) is 4.39 Å². The molecule has 1 N–H and O–H groups in total. The molecule has 0 aromatic heterocycles. The number of halogens is 1. The third-order valence-electron chi connectivity index (χ3n) is 2.93. The summed E-state index contributed by atoms with van der Waals surface area (Å²) >= 11 is 0. The fraction of sp³-hybridized carbons (Fsp3) is 0.462. The summed E-state index contributed by atoms with van der Waals surface area (Å²) in [7, 11) is 0. The molecule has 0 spiro atoms. The molecule has 1 aromatic rings. The molecule has 1 saturated heterocycles. The van der Waals surface area contributed by atoms with E-state index in [4.69, 9.17) is 4.74 Å². The first-order chi connectivity index (χ1) is 8.16. The first-order valence-corrected chi connectivity index (χ1v) is 5.81. The van der Waals surface area contributed by atoms with Gasteiger partial charge in [-0.25, -0.2) is 4.39 Å². The number of hydrogen-bond donors (Lipinski definition) is 1. The van der Waals surface area contributed by atoms with E-state index < -0.39 is 0 Å². The minimum atomic E-state index is -0.328. The topological polar surface area (TPSA) is 38.3 Å².